The van der Waals surface area contributed by atoms with Crippen molar-refractivity contribution >= 4 is 11.8 Å². The largest absolute Gasteiger partial charge is 0.389 e. The summed E-state index contributed by atoms with van der Waals surface area (Å²) in [5, 5.41) is 18.2. The highest BCUT2D eigenvalue weighted by Crippen LogP contribution is 2.26. The van der Waals surface area contributed by atoms with Crippen LogP contribution in [0.25, 0.3) is 0 Å². The number of anilines is 2. The van der Waals surface area contributed by atoms with Crippen LogP contribution in [0.15, 0.2) is 24.7 Å². The number of β-amino-alcohol motifs (C(OH)–C–C–N with tert-alkyl or cyclic N) is 1. The molecule has 2 aliphatic rings. The van der Waals surface area contributed by atoms with Crippen molar-refractivity contribution in [2.45, 2.75) is 31.4 Å². The Kier molecular flexibility index (Phi) is 3.82. The third kappa shape index (κ3) is 2.86. The molecule has 0 aromatic carbocycles. The van der Waals surface area contributed by atoms with Gasteiger partial charge in [-0.05, 0) is 25.3 Å². The van der Waals surface area contributed by atoms with E-state index < -0.39 is 6.10 Å². The van der Waals surface area contributed by atoms with Crippen molar-refractivity contribution in [3.05, 3.63) is 24.7 Å². The minimum atomic E-state index is -0.481. The predicted molar refractivity (Wildman–Crippen MR) is 85.4 cm³/mol. The van der Waals surface area contributed by atoms with E-state index in [1.807, 2.05) is 6.07 Å². The summed E-state index contributed by atoms with van der Waals surface area (Å²) in [5.74, 6) is 1.66. The van der Waals surface area contributed by atoms with Crippen molar-refractivity contribution in [2.75, 3.05) is 36.0 Å². The van der Waals surface area contributed by atoms with E-state index >= 15 is 0 Å². The topological polar surface area (TPSA) is 83.2 Å². The van der Waals surface area contributed by atoms with Gasteiger partial charge in [0.1, 0.15) is 5.82 Å². The zero-order valence-corrected chi connectivity index (χ0v) is 13.0. The highest BCUT2D eigenvalue weighted by Gasteiger charge is 2.34. The van der Waals surface area contributed by atoms with Crippen LogP contribution in [-0.4, -0.2) is 62.4 Å². The number of aliphatic hydroxyl groups is 1. The Morgan fingerprint density at radius 2 is 1.91 bits per heavy atom. The Labute approximate surface area is 134 Å². The molecule has 0 amide bonds. The van der Waals surface area contributed by atoms with Gasteiger partial charge in [0.15, 0.2) is 0 Å². The summed E-state index contributed by atoms with van der Waals surface area (Å²) in [6, 6.07) is 1.81. The molecular weight excluding hydrogens is 294 g/mol. The number of hydrogen-bond acceptors (Lipinski definition) is 7. The van der Waals surface area contributed by atoms with E-state index in [1.165, 1.54) is 19.3 Å². The molecule has 4 rings (SSSR count). The first-order valence-electron chi connectivity index (χ1n) is 8.18. The number of rotatable bonds is 3. The second-order valence-electron chi connectivity index (χ2n) is 6.19. The van der Waals surface area contributed by atoms with Crippen LogP contribution in [0.1, 0.15) is 25.3 Å². The van der Waals surface area contributed by atoms with Gasteiger partial charge in [-0.3, -0.25) is 0 Å². The Hall–Kier alpha value is -2.22. The lowest BCUT2D eigenvalue weighted by molar-refractivity contribution is 0.144. The summed E-state index contributed by atoms with van der Waals surface area (Å²) >= 11 is 0. The second kappa shape index (κ2) is 6.11. The molecule has 0 aliphatic carbocycles. The summed E-state index contributed by atoms with van der Waals surface area (Å²) in [6.45, 7) is 3.25. The van der Waals surface area contributed by atoms with Gasteiger partial charge < -0.3 is 14.9 Å². The van der Waals surface area contributed by atoms with E-state index in [0.29, 0.717) is 13.1 Å². The highest BCUT2D eigenvalue weighted by atomic mass is 16.3. The van der Waals surface area contributed by atoms with Crippen LogP contribution < -0.4 is 9.80 Å². The van der Waals surface area contributed by atoms with Gasteiger partial charge in [-0.2, -0.15) is 4.98 Å². The molecule has 1 N–H and O–H groups in total. The van der Waals surface area contributed by atoms with Crippen molar-refractivity contribution in [3.8, 4) is 0 Å². The molecule has 122 valence electrons. The van der Waals surface area contributed by atoms with Gasteiger partial charge in [0.05, 0.1) is 18.3 Å². The Morgan fingerprint density at radius 3 is 2.70 bits per heavy atom. The second-order valence-corrected chi connectivity index (χ2v) is 6.19. The van der Waals surface area contributed by atoms with E-state index in [1.54, 1.807) is 23.3 Å². The monoisotopic (exact) mass is 315 g/mol. The molecule has 2 atom stereocenters. The zero-order valence-electron chi connectivity index (χ0n) is 13.0. The van der Waals surface area contributed by atoms with Gasteiger partial charge in [-0.25, -0.2) is 9.67 Å². The van der Waals surface area contributed by atoms with Crippen LogP contribution in [0.2, 0.25) is 0 Å². The molecule has 4 heterocycles. The first-order valence-corrected chi connectivity index (χ1v) is 8.18. The van der Waals surface area contributed by atoms with Crippen LogP contribution in [-0.2, 0) is 0 Å². The van der Waals surface area contributed by atoms with Gasteiger partial charge in [-0.1, -0.05) is 5.21 Å². The highest BCUT2D eigenvalue weighted by molar-refractivity contribution is 5.45. The first kappa shape index (κ1) is 14.4. The molecule has 0 bridgehead atoms. The zero-order chi connectivity index (χ0) is 15.6. The van der Waals surface area contributed by atoms with E-state index in [-0.39, 0.29) is 6.04 Å². The lowest BCUT2D eigenvalue weighted by atomic mass is 10.1. The van der Waals surface area contributed by atoms with Crippen molar-refractivity contribution in [3.63, 3.8) is 0 Å². The summed E-state index contributed by atoms with van der Waals surface area (Å²) < 4.78 is 1.72. The van der Waals surface area contributed by atoms with Gasteiger partial charge in [-0.15, -0.1) is 5.10 Å². The molecule has 2 aromatic rings. The molecular formula is C15H21N7O. The van der Waals surface area contributed by atoms with Gasteiger partial charge >= 0.3 is 0 Å². The van der Waals surface area contributed by atoms with Crippen LogP contribution in [0.3, 0.4) is 0 Å². The molecule has 2 saturated heterocycles. The lowest BCUT2D eigenvalue weighted by Gasteiger charge is -2.27. The molecule has 0 spiro atoms. The number of aliphatic hydroxyl groups excluding tert-OH is 1. The normalized spacial score (nSPS) is 25.1. The quantitative estimate of drug-likeness (QED) is 0.882. The van der Waals surface area contributed by atoms with Crippen LogP contribution >= 0.6 is 0 Å². The molecule has 0 radical (unpaired) electrons. The first-order chi connectivity index (χ1) is 11.3. The van der Waals surface area contributed by atoms with Crippen LogP contribution in [0.5, 0.6) is 0 Å². The van der Waals surface area contributed by atoms with E-state index in [9.17, 15) is 5.11 Å². The van der Waals surface area contributed by atoms with Crippen molar-refractivity contribution in [1.82, 2.24) is 25.0 Å². The minimum absolute atomic E-state index is 0.0918. The van der Waals surface area contributed by atoms with Crippen molar-refractivity contribution in [1.29, 1.82) is 0 Å². The van der Waals surface area contributed by atoms with E-state index in [4.69, 9.17) is 4.98 Å². The molecule has 2 aromatic heterocycles. The number of nitrogens with zero attached hydrogens (tertiary/aromatic N) is 7. The molecule has 8 heteroatoms. The smallest absolute Gasteiger partial charge is 0.227 e. The maximum absolute atomic E-state index is 10.3. The standard InChI is InChI=1S/C15H21N7O/c23-13-11-21(10-12(13)22-9-6-17-19-22)14-4-5-16-15(18-14)20-7-2-1-3-8-20/h4-6,9,12-13,23H,1-3,7-8,10-11H2/t12-,13-/m1/s1. The molecule has 2 fully saturated rings. The lowest BCUT2D eigenvalue weighted by Crippen LogP contribution is -2.31. The van der Waals surface area contributed by atoms with E-state index in [0.717, 1.165) is 24.9 Å². The molecule has 23 heavy (non-hydrogen) atoms. The maximum atomic E-state index is 10.3. The summed E-state index contributed by atoms with van der Waals surface area (Å²) in [7, 11) is 0. The fraction of sp³-hybridized carbons (Fsp3) is 0.600. The SMILES string of the molecule is O[C@@H]1CN(c2ccnc(N3CCCCC3)n2)C[C@H]1n1ccnn1. The minimum Gasteiger partial charge on any atom is -0.389 e. The summed E-state index contributed by atoms with van der Waals surface area (Å²) in [5.41, 5.74) is 0. The van der Waals surface area contributed by atoms with Crippen molar-refractivity contribution < 1.29 is 5.11 Å². The van der Waals surface area contributed by atoms with Gasteiger partial charge in [0.25, 0.3) is 0 Å². The Balaban J connectivity index is 1.52. The number of aromatic nitrogens is 5. The fourth-order valence-corrected chi connectivity index (χ4v) is 3.37. The van der Waals surface area contributed by atoms with Crippen molar-refractivity contribution in [2.24, 2.45) is 0 Å². The maximum Gasteiger partial charge on any atom is 0.227 e. The Morgan fingerprint density at radius 1 is 1.04 bits per heavy atom. The summed E-state index contributed by atoms with van der Waals surface area (Å²) in [6.07, 6.45) is 8.43. The van der Waals surface area contributed by atoms with Crippen LogP contribution in [0, 0.1) is 0 Å². The molecule has 0 unspecified atom stereocenters. The fourth-order valence-electron chi connectivity index (χ4n) is 3.37. The number of hydrogen-bond donors (Lipinski definition) is 1. The van der Waals surface area contributed by atoms with Gasteiger partial charge in [0.2, 0.25) is 5.95 Å². The summed E-state index contributed by atoms with van der Waals surface area (Å²) in [4.78, 5) is 13.5. The third-order valence-electron chi connectivity index (χ3n) is 4.63. The average Bonchev–Trinajstić information content (AvgIpc) is 3.25. The molecule has 2 aliphatic heterocycles. The van der Waals surface area contributed by atoms with Crippen LogP contribution in [0.4, 0.5) is 11.8 Å². The van der Waals surface area contributed by atoms with E-state index in [2.05, 4.69) is 25.1 Å². The molecule has 0 saturated carbocycles. The third-order valence-corrected chi connectivity index (χ3v) is 4.63. The van der Waals surface area contributed by atoms with Gasteiger partial charge in [0, 0.05) is 38.6 Å². The number of piperidine rings is 1. The molecule has 8 nitrogen and oxygen atoms in total. The average molecular weight is 315 g/mol. The predicted octanol–water partition coefficient (Wildman–Crippen LogP) is 0.481. The Bertz CT molecular complexity index is 641.